The first-order valence-corrected chi connectivity index (χ1v) is 7.71. The Morgan fingerprint density at radius 1 is 1.26 bits per heavy atom. The zero-order valence-electron chi connectivity index (χ0n) is 13.7. The van der Waals surface area contributed by atoms with Crippen molar-refractivity contribution in [1.29, 1.82) is 0 Å². The van der Waals surface area contributed by atoms with Gasteiger partial charge in [-0.3, -0.25) is 4.79 Å². The molecule has 0 aliphatic carbocycles. The van der Waals surface area contributed by atoms with E-state index in [-0.39, 0.29) is 18.4 Å². The number of aliphatic imine (C=N–C) groups is 1. The van der Waals surface area contributed by atoms with Gasteiger partial charge in [0.25, 0.3) is 0 Å². The maximum absolute atomic E-state index is 12.1. The summed E-state index contributed by atoms with van der Waals surface area (Å²) in [5.41, 5.74) is 6.51. The number of guanidine groups is 1. The Bertz CT molecular complexity index is 568. The normalized spacial score (nSPS) is 15.2. The maximum atomic E-state index is 12.1. The minimum absolute atomic E-state index is 0.00653. The molecule has 1 heterocycles. The predicted molar refractivity (Wildman–Crippen MR) is 90.1 cm³/mol. The number of ether oxygens (including phenoxy) is 2. The molecule has 0 unspecified atom stereocenters. The first kappa shape index (κ1) is 16.9. The molecule has 0 spiro atoms. The summed E-state index contributed by atoms with van der Waals surface area (Å²) >= 11 is 0. The van der Waals surface area contributed by atoms with Crippen LogP contribution in [0.3, 0.4) is 0 Å². The Balaban J connectivity index is 1.97. The highest BCUT2D eigenvalue weighted by Crippen LogP contribution is 2.28. The van der Waals surface area contributed by atoms with Gasteiger partial charge in [0, 0.05) is 19.2 Å². The lowest BCUT2D eigenvalue weighted by Gasteiger charge is -2.26. The van der Waals surface area contributed by atoms with E-state index in [0.717, 1.165) is 25.9 Å². The number of amides is 1. The molecule has 7 nitrogen and oxygen atoms in total. The van der Waals surface area contributed by atoms with E-state index in [4.69, 9.17) is 15.2 Å². The van der Waals surface area contributed by atoms with E-state index in [1.54, 1.807) is 32.4 Å². The largest absolute Gasteiger partial charge is 0.497 e. The van der Waals surface area contributed by atoms with Crippen molar-refractivity contribution < 1.29 is 14.3 Å². The Labute approximate surface area is 136 Å². The van der Waals surface area contributed by atoms with Gasteiger partial charge in [0.15, 0.2) is 5.96 Å². The molecule has 0 bridgehead atoms. The molecule has 1 saturated heterocycles. The highest BCUT2D eigenvalue weighted by atomic mass is 16.5. The number of rotatable bonds is 5. The van der Waals surface area contributed by atoms with Crippen LogP contribution < -0.4 is 20.5 Å². The van der Waals surface area contributed by atoms with Gasteiger partial charge in [-0.15, -0.1) is 0 Å². The number of methoxy groups -OCH3 is 2. The van der Waals surface area contributed by atoms with Crippen molar-refractivity contribution in [2.45, 2.75) is 19.3 Å². The monoisotopic (exact) mass is 320 g/mol. The second kappa shape index (κ2) is 8.26. The summed E-state index contributed by atoms with van der Waals surface area (Å²) in [6.07, 6.45) is 3.31. The SMILES string of the molecule is COc1ccc(OC)c(NC(N)=NCC(=O)N2CCCCC2)c1. The van der Waals surface area contributed by atoms with E-state index in [0.29, 0.717) is 17.2 Å². The lowest BCUT2D eigenvalue weighted by Crippen LogP contribution is -2.37. The van der Waals surface area contributed by atoms with Crippen LogP contribution in [0.5, 0.6) is 11.5 Å². The Kier molecular flexibility index (Phi) is 6.08. The minimum Gasteiger partial charge on any atom is -0.497 e. The smallest absolute Gasteiger partial charge is 0.244 e. The molecule has 1 aliphatic heterocycles. The van der Waals surface area contributed by atoms with Crippen molar-refractivity contribution in [2.75, 3.05) is 39.2 Å². The number of piperidine rings is 1. The Hall–Kier alpha value is -2.44. The number of nitrogens with two attached hydrogens (primary N) is 1. The third-order valence-corrected chi connectivity index (χ3v) is 3.76. The fourth-order valence-electron chi connectivity index (χ4n) is 2.49. The molecule has 7 heteroatoms. The molecular formula is C16H24N4O3. The molecule has 3 N–H and O–H groups in total. The molecule has 1 aromatic carbocycles. The molecule has 1 aliphatic rings. The molecule has 0 aromatic heterocycles. The summed E-state index contributed by atoms with van der Waals surface area (Å²) in [6, 6.07) is 5.32. The fourth-order valence-corrected chi connectivity index (χ4v) is 2.49. The van der Waals surface area contributed by atoms with E-state index >= 15 is 0 Å². The van der Waals surface area contributed by atoms with Gasteiger partial charge in [0.05, 0.1) is 19.9 Å². The molecule has 23 heavy (non-hydrogen) atoms. The van der Waals surface area contributed by atoms with Crippen LogP contribution in [0.1, 0.15) is 19.3 Å². The number of anilines is 1. The van der Waals surface area contributed by atoms with E-state index in [9.17, 15) is 4.79 Å². The summed E-state index contributed by atoms with van der Waals surface area (Å²) in [5, 5.41) is 2.95. The first-order chi connectivity index (χ1) is 11.1. The quantitative estimate of drug-likeness (QED) is 0.633. The molecular weight excluding hydrogens is 296 g/mol. The number of carbonyl (C=O) groups is 1. The third-order valence-electron chi connectivity index (χ3n) is 3.76. The van der Waals surface area contributed by atoms with E-state index in [1.165, 1.54) is 6.42 Å². The average Bonchev–Trinajstić information content (AvgIpc) is 2.60. The average molecular weight is 320 g/mol. The number of carbonyl (C=O) groups excluding carboxylic acids is 1. The topological polar surface area (TPSA) is 89.2 Å². The van der Waals surface area contributed by atoms with E-state index in [2.05, 4.69) is 10.3 Å². The molecule has 0 atom stereocenters. The van der Waals surface area contributed by atoms with Crippen LogP contribution in [0.2, 0.25) is 0 Å². The number of likely N-dealkylation sites (tertiary alicyclic amines) is 1. The summed E-state index contributed by atoms with van der Waals surface area (Å²) < 4.78 is 10.4. The lowest BCUT2D eigenvalue weighted by molar-refractivity contribution is -0.130. The molecule has 1 fully saturated rings. The van der Waals surface area contributed by atoms with E-state index in [1.807, 2.05) is 4.90 Å². The molecule has 0 saturated carbocycles. The second-order valence-corrected chi connectivity index (χ2v) is 5.33. The van der Waals surface area contributed by atoms with Gasteiger partial charge in [-0.1, -0.05) is 0 Å². The van der Waals surface area contributed by atoms with Crippen LogP contribution in [0.15, 0.2) is 23.2 Å². The number of nitrogens with one attached hydrogen (secondary N) is 1. The Morgan fingerprint density at radius 3 is 2.65 bits per heavy atom. The van der Waals surface area contributed by atoms with Gasteiger partial charge < -0.3 is 25.4 Å². The van der Waals surface area contributed by atoms with Crippen LogP contribution >= 0.6 is 0 Å². The standard InChI is InChI=1S/C16H24N4O3/c1-22-12-6-7-14(23-2)13(10-12)19-16(17)18-11-15(21)20-8-4-3-5-9-20/h6-7,10H,3-5,8-9,11H2,1-2H3,(H3,17,18,19). The third kappa shape index (κ3) is 4.77. The molecule has 1 aromatic rings. The van der Waals surface area contributed by atoms with Crippen LogP contribution in [0.4, 0.5) is 5.69 Å². The van der Waals surface area contributed by atoms with Crippen LogP contribution in [0.25, 0.3) is 0 Å². The van der Waals surface area contributed by atoms with Gasteiger partial charge in [0.1, 0.15) is 18.0 Å². The van der Waals surface area contributed by atoms with Gasteiger partial charge in [-0.25, -0.2) is 4.99 Å². The van der Waals surface area contributed by atoms with Crippen LogP contribution in [-0.2, 0) is 4.79 Å². The molecule has 0 radical (unpaired) electrons. The molecule has 2 rings (SSSR count). The van der Waals surface area contributed by atoms with Gasteiger partial charge in [-0.05, 0) is 31.4 Å². The number of hydrogen-bond acceptors (Lipinski definition) is 4. The maximum Gasteiger partial charge on any atom is 0.244 e. The predicted octanol–water partition coefficient (Wildman–Crippen LogP) is 1.44. The highest BCUT2D eigenvalue weighted by molar-refractivity contribution is 5.95. The van der Waals surface area contributed by atoms with Crippen LogP contribution in [0, 0.1) is 0 Å². The summed E-state index contributed by atoms with van der Waals surface area (Å²) in [5.74, 6) is 1.46. The van der Waals surface area contributed by atoms with E-state index < -0.39 is 0 Å². The van der Waals surface area contributed by atoms with Gasteiger partial charge in [0.2, 0.25) is 5.91 Å². The number of nitrogens with zero attached hydrogens (tertiary/aromatic N) is 2. The highest BCUT2D eigenvalue weighted by Gasteiger charge is 2.15. The molecule has 126 valence electrons. The van der Waals surface area contributed by atoms with Gasteiger partial charge in [-0.2, -0.15) is 0 Å². The van der Waals surface area contributed by atoms with Crippen LogP contribution in [-0.4, -0.2) is 50.6 Å². The van der Waals surface area contributed by atoms with Crippen molar-refractivity contribution in [2.24, 2.45) is 10.7 Å². The summed E-state index contributed by atoms with van der Waals surface area (Å²) in [7, 11) is 3.15. The zero-order chi connectivity index (χ0) is 16.7. The van der Waals surface area contributed by atoms with Crippen molar-refractivity contribution in [3.05, 3.63) is 18.2 Å². The number of benzene rings is 1. The fraction of sp³-hybridized carbons (Fsp3) is 0.500. The minimum atomic E-state index is 0.00653. The first-order valence-electron chi connectivity index (χ1n) is 7.71. The van der Waals surface area contributed by atoms with Crippen molar-refractivity contribution in [1.82, 2.24) is 4.90 Å². The number of hydrogen-bond donors (Lipinski definition) is 2. The van der Waals surface area contributed by atoms with Crippen molar-refractivity contribution in [3.63, 3.8) is 0 Å². The summed E-state index contributed by atoms with van der Waals surface area (Å²) in [4.78, 5) is 18.0. The summed E-state index contributed by atoms with van der Waals surface area (Å²) in [6.45, 7) is 1.67. The lowest BCUT2D eigenvalue weighted by atomic mass is 10.1. The van der Waals surface area contributed by atoms with Crippen molar-refractivity contribution >= 4 is 17.6 Å². The zero-order valence-corrected chi connectivity index (χ0v) is 13.7. The second-order valence-electron chi connectivity index (χ2n) is 5.33. The van der Waals surface area contributed by atoms with Gasteiger partial charge >= 0.3 is 0 Å². The molecule has 1 amide bonds. The Morgan fingerprint density at radius 2 is 2.00 bits per heavy atom. The van der Waals surface area contributed by atoms with Crippen molar-refractivity contribution in [3.8, 4) is 11.5 Å².